The van der Waals surface area contributed by atoms with Gasteiger partial charge in [-0.2, -0.15) is 0 Å². The Morgan fingerprint density at radius 1 is 1.22 bits per heavy atom. The lowest BCUT2D eigenvalue weighted by atomic mass is 10.1. The molecule has 0 amide bonds. The van der Waals surface area contributed by atoms with E-state index in [1.54, 1.807) is 13.3 Å². The maximum atomic E-state index is 5.85. The van der Waals surface area contributed by atoms with Crippen LogP contribution in [0.4, 0.5) is 11.5 Å². The molecule has 0 aliphatic rings. The highest BCUT2D eigenvalue weighted by molar-refractivity contribution is 5.61. The molecule has 1 aromatic heterocycles. The van der Waals surface area contributed by atoms with E-state index in [-0.39, 0.29) is 6.04 Å². The number of nitrogen functional groups attached to an aromatic ring is 1. The Bertz CT molecular complexity index is 511. The van der Waals surface area contributed by atoms with E-state index < -0.39 is 0 Å². The molecule has 1 unspecified atom stereocenters. The largest absolute Gasteiger partial charge is 0.497 e. The summed E-state index contributed by atoms with van der Waals surface area (Å²) in [6.45, 7) is 2.07. The van der Waals surface area contributed by atoms with E-state index >= 15 is 0 Å². The van der Waals surface area contributed by atoms with Crippen LogP contribution >= 0.6 is 0 Å². The van der Waals surface area contributed by atoms with Crippen LogP contribution in [0.1, 0.15) is 18.5 Å². The van der Waals surface area contributed by atoms with Crippen molar-refractivity contribution in [1.29, 1.82) is 0 Å². The van der Waals surface area contributed by atoms with Crippen molar-refractivity contribution in [3.63, 3.8) is 0 Å². The van der Waals surface area contributed by atoms with Crippen LogP contribution in [0.25, 0.3) is 0 Å². The third-order valence-electron chi connectivity index (χ3n) is 2.81. The quantitative estimate of drug-likeness (QED) is 0.866. The molecule has 94 valence electrons. The maximum Gasteiger partial charge on any atom is 0.149 e. The molecule has 0 spiro atoms. The molecule has 0 radical (unpaired) electrons. The smallest absolute Gasteiger partial charge is 0.149 e. The lowest BCUT2D eigenvalue weighted by molar-refractivity contribution is 0.414. The SMILES string of the molecule is COc1ccc(C(C)Nc2ncccc2N)cc1. The van der Waals surface area contributed by atoms with E-state index in [9.17, 15) is 0 Å². The van der Waals surface area contributed by atoms with E-state index in [0.29, 0.717) is 11.5 Å². The molecule has 18 heavy (non-hydrogen) atoms. The van der Waals surface area contributed by atoms with Gasteiger partial charge in [0, 0.05) is 6.20 Å². The maximum absolute atomic E-state index is 5.85. The lowest BCUT2D eigenvalue weighted by Gasteiger charge is -2.16. The van der Waals surface area contributed by atoms with Crippen LogP contribution in [-0.2, 0) is 0 Å². The minimum absolute atomic E-state index is 0.133. The molecular formula is C14H17N3O. The van der Waals surface area contributed by atoms with Crippen LogP contribution < -0.4 is 15.8 Å². The number of anilines is 2. The summed E-state index contributed by atoms with van der Waals surface area (Å²) in [5.41, 5.74) is 7.65. The van der Waals surface area contributed by atoms with Gasteiger partial charge in [0.1, 0.15) is 11.6 Å². The number of ether oxygens (including phenoxy) is 1. The predicted octanol–water partition coefficient (Wildman–Crippen LogP) is 2.85. The molecule has 0 saturated carbocycles. The van der Waals surface area contributed by atoms with Gasteiger partial charge in [0.25, 0.3) is 0 Å². The number of pyridine rings is 1. The summed E-state index contributed by atoms with van der Waals surface area (Å²) in [6.07, 6.45) is 1.72. The first kappa shape index (κ1) is 12.2. The molecule has 1 heterocycles. The highest BCUT2D eigenvalue weighted by Crippen LogP contribution is 2.23. The Morgan fingerprint density at radius 3 is 2.56 bits per heavy atom. The molecule has 2 aromatic rings. The second-order valence-electron chi connectivity index (χ2n) is 4.08. The number of aromatic nitrogens is 1. The zero-order chi connectivity index (χ0) is 13.0. The number of nitrogens with two attached hydrogens (primary N) is 1. The van der Waals surface area contributed by atoms with Gasteiger partial charge in [-0.05, 0) is 36.8 Å². The number of hydrogen-bond donors (Lipinski definition) is 2. The standard InChI is InChI=1S/C14H17N3O/c1-10(11-5-7-12(18-2)8-6-11)17-14-13(15)4-3-9-16-14/h3-10H,15H2,1-2H3,(H,16,17). The van der Waals surface area contributed by atoms with E-state index in [1.165, 1.54) is 0 Å². The van der Waals surface area contributed by atoms with Crippen molar-refractivity contribution >= 4 is 11.5 Å². The van der Waals surface area contributed by atoms with Crippen LogP contribution in [0.2, 0.25) is 0 Å². The number of hydrogen-bond acceptors (Lipinski definition) is 4. The molecule has 0 saturated heterocycles. The molecule has 0 aliphatic heterocycles. The van der Waals surface area contributed by atoms with Gasteiger partial charge in [-0.3, -0.25) is 0 Å². The summed E-state index contributed by atoms with van der Waals surface area (Å²) >= 11 is 0. The second-order valence-corrected chi connectivity index (χ2v) is 4.08. The topological polar surface area (TPSA) is 60.2 Å². The molecule has 1 atom stereocenters. The minimum atomic E-state index is 0.133. The Morgan fingerprint density at radius 2 is 1.94 bits per heavy atom. The van der Waals surface area contributed by atoms with Gasteiger partial charge in [-0.25, -0.2) is 4.98 Å². The molecule has 1 aromatic carbocycles. The van der Waals surface area contributed by atoms with Crippen LogP contribution in [0.15, 0.2) is 42.6 Å². The van der Waals surface area contributed by atoms with Gasteiger partial charge in [-0.15, -0.1) is 0 Å². The average Bonchev–Trinajstić information content (AvgIpc) is 2.41. The second kappa shape index (κ2) is 5.40. The Labute approximate surface area is 107 Å². The van der Waals surface area contributed by atoms with Crippen molar-refractivity contribution in [3.8, 4) is 5.75 Å². The van der Waals surface area contributed by atoms with Crippen LogP contribution in [0.3, 0.4) is 0 Å². The summed E-state index contributed by atoms with van der Waals surface area (Å²) in [5.74, 6) is 1.56. The third kappa shape index (κ3) is 2.71. The lowest BCUT2D eigenvalue weighted by Crippen LogP contribution is -2.09. The van der Waals surface area contributed by atoms with Gasteiger partial charge in [0.2, 0.25) is 0 Å². The summed E-state index contributed by atoms with van der Waals surface area (Å²) in [6, 6.07) is 11.7. The Hall–Kier alpha value is -2.23. The van der Waals surface area contributed by atoms with Crippen molar-refractivity contribution in [2.24, 2.45) is 0 Å². The Balaban J connectivity index is 2.11. The molecule has 0 aliphatic carbocycles. The number of rotatable bonds is 4. The first-order valence-electron chi connectivity index (χ1n) is 5.81. The van der Waals surface area contributed by atoms with Crippen molar-refractivity contribution in [2.75, 3.05) is 18.2 Å². The normalized spacial score (nSPS) is 11.9. The number of methoxy groups -OCH3 is 1. The average molecular weight is 243 g/mol. The zero-order valence-corrected chi connectivity index (χ0v) is 10.6. The van der Waals surface area contributed by atoms with Crippen molar-refractivity contribution < 1.29 is 4.74 Å². The zero-order valence-electron chi connectivity index (χ0n) is 10.6. The fraction of sp³-hybridized carbons (Fsp3) is 0.214. The molecule has 4 heteroatoms. The van der Waals surface area contributed by atoms with Crippen molar-refractivity contribution in [1.82, 2.24) is 4.98 Å². The highest BCUT2D eigenvalue weighted by Gasteiger charge is 2.07. The van der Waals surface area contributed by atoms with Crippen molar-refractivity contribution in [2.45, 2.75) is 13.0 Å². The summed E-state index contributed by atoms with van der Waals surface area (Å²) in [5, 5.41) is 3.29. The van der Waals surface area contributed by atoms with E-state index in [1.807, 2.05) is 36.4 Å². The summed E-state index contributed by atoms with van der Waals surface area (Å²) < 4.78 is 5.13. The van der Waals surface area contributed by atoms with Crippen LogP contribution in [-0.4, -0.2) is 12.1 Å². The van der Waals surface area contributed by atoms with Gasteiger partial charge in [0.05, 0.1) is 18.8 Å². The van der Waals surface area contributed by atoms with E-state index in [4.69, 9.17) is 10.5 Å². The van der Waals surface area contributed by atoms with Crippen LogP contribution in [0.5, 0.6) is 5.75 Å². The first-order chi connectivity index (χ1) is 8.70. The monoisotopic (exact) mass is 243 g/mol. The summed E-state index contributed by atoms with van der Waals surface area (Å²) in [7, 11) is 1.66. The van der Waals surface area contributed by atoms with Crippen molar-refractivity contribution in [3.05, 3.63) is 48.2 Å². The van der Waals surface area contributed by atoms with E-state index in [2.05, 4.69) is 17.2 Å². The fourth-order valence-electron chi connectivity index (χ4n) is 1.72. The van der Waals surface area contributed by atoms with Crippen LogP contribution in [0, 0.1) is 0 Å². The number of nitrogens with zero attached hydrogens (tertiary/aromatic N) is 1. The third-order valence-corrected chi connectivity index (χ3v) is 2.81. The summed E-state index contributed by atoms with van der Waals surface area (Å²) in [4.78, 5) is 4.22. The molecular weight excluding hydrogens is 226 g/mol. The predicted molar refractivity (Wildman–Crippen MR) is 73.7 cm³/mol. The molecule has 3 N–H and O–H groups in total. The minimum Gasteiger partial charge on any atom is -0.497 e. The van der Waals surface area contributed by atoms with Gasteiger partial charge >= 0.3 is 0 Å². The number of nitrogens with one attached hydrogen (secondary N) is 1. The first-order valence-corrected chi connectivity index (χ1v) is 5.81. The van der Waals surface area contributed by atoms with Gasteiger partial charge in [0.15, 0.2) is 0 Å². The number of benzene rings is 1. The van der Waals surface area contributed by atoms with E-state index in [0.717, 1.165) is 11.3 Å². The highest BCUT2D eigenvalue weighted by atomic mass is 16.5. The molecule has 4 nitrogen and oxygen atoms in total. The van der Waals surface area contributed by atoms with Gasteiger partial charge < -0.3 is 15.8 Å². The Kier molecular flexibility index (Phi) is 3.67. The molecule has 2 rings (SSSR count). The molecule has 0 bridgehead atoms. The fourth-order valence-corrected chi connectivity index (χ4v) is 1.72. The van der Waals surface area contributed by atoms with Gasteiger partial charge in [-0.1, -0.05) is 12.1 Å². The molecule has 0 fully saturated rings.